The Balaban J connectivity index is 1.80. The lowest BCUT2D eigenvalue weighted by Gasteiger charge is -2.31. The van der Waals surface area contributed by atoms with E-state index in [1.54, 1.807) is 0 Å². The van der Waals surface area contributed by atoms with E-state index >= 15 is 0 Å². The van der Waals surface area contributed by atoms with E-state index in [4.69, 9.17) is 10.5 Å². The molecule has 5 unspecified atom stereocenters. The molecular weight excluding hydrogens is 240 g/mol. The number of amides is 1. The number of nitrogens with one attached hydrogen (secondary N) is 1. The van der Waals surface area contributed by atoms with Crippen LogP contribution in [0.3, 0.4) is 0 Å². The first-order chi connectivity index (χ1) is 9.11. The maximum atomic E-state index is 12.3. The van der Waals surface area contributed by atoms with Crippen molar-refractivity contribution in [1.29, 1.82) is 0 Å². The van der Waals surface area contributed by atoms with Crippen molar-refractivity contribution in [3.8, 4) is 0 Å². The average molecular weight is 268 g/mol. The fraction of sp³-hybridized carbons (Fsp3) is 0.933. The lowest BCUT2D eigenvalue weighted by molar-refractivity contribution is -0.127. The maximum Gasteiger partial charge on any atom is 0.224 e. The summed E-state index contributed by atoms with van der Waals surface area (Å²) in [6.07, 6.45) is 5.47. The Bertz CT molecular complexity index is 309. The zero-order chi connectivity index (χ0) is 13.8. The van der Waals surface area contributed by atoms with Crippen LogP contribution in [0.25, 0.3) is 0 Å². The largest absolute Gasteiger partial charge is 0.378 e. The first-order valence-electron chi connectivity index (χ1n) is 7.76. The van der Waals surface area contributed by atoms with E-state index in [1.165, 1.54) is 0 Å². The third kappa shape index (κ3) is 3.69. The number of carbonyl (C=O) groups excluding carboxylic acids is 1. The molecule has 1 saturated heterocycles. The SMILES string of the molecule is CCC1OCCC1CNC(=O)C1CC(C)CCC1N. The highest BCUT2D eigenvalue weighted by molar-refractivity contribution is 5.79. The van der Waals surface area contributed by atoms with Gasteiger partial charge in [-0.15, -0.1) is 0 Å². The number of rotatable bonds is 4. The molecule has 0 bridgehead atoms. The van der Waals surface area contributed by atoms with Gasteiger partial charge in [0.05, 0.1) is 12.0 Å². The van der Waals surface area contributed by atoms with Crippen LogP contribution < -0.4 is 11.1 Å². The van der Waals surface area contributed by atoms with Crippen LogP contribution in [-0.4, -0.2) is 31.2 Å². The molecule has 1 heterocycles. The topological polar surface area (TPSA) is 64.3 Å². The maximum absolute atomic E-state index is 12.3. The van der Waals surface area contributed by atoms with Gasteiger partial charge < -0.3 is 15.8 Å². The standard InChI is InChI=1S/C15H28N2O2/c1-3-14-11(6-7-19-14)9-17-15(18)12-8-10(2)4-5-13(12)16/h10-14H,3-9,16H2,1-2H3,(H,17,18). The summed E-state index contributed by atoms with van der Waals surface area (Å²) in [4.78, 5) is 12.3. The summed E-state index contributed by atoms with van der Waals surface area (Å²) in [5, 5.41) is 3.11. The van der Waals surface area contributed by atoms with Crippen LogP contribution in [0.4, 0.5) is 0 Å². The average Bonchev–Trinajstić information content (AvgIpc) is 2.86. The van der Waals surface area contributed by atoms with Crippen molar-refractivity contribution in [1.82, 2.24) is 5.32 Å². The van der Waals surface area contributed by atoms with Gasteiger partial charge in [0.2, 0.25) is 5.91 Å². The molecule has 5 atom stereocenters. The molecule has 3 N–H and O–H groups in total. The quantitative estimate of drug-likeness (QED) is 0.815. The lowest BCUT2D eigenvalue weighted by Crippen LogP contribution is -2.46. The summed E-state index contributed by atoms with van der Waals surface area (Å²) in [6, 6.07) is 0.0398. The lowest BCUT2D eigenvalue weighted by atomic mass is 9.78. The molecule has 110 valence electrons. The summed E-state index contributed by atoms with van der Waals surface area (Å²) < 4.78 is 5.65. The number of hydrogen-bond donors (Lipinski definition) is 2. The van der Waals surface area contributed by atoms with Gasteiger partial charge in [-0.2, -0.15) is 0 Å². The minimum atomic E-state index is 0.00569. The summed E-state index contributed by atoms with van der Waals surface area (Å²) in [5.74, 6) is 1.26. The predicted molar refractivity (Wildman–Crippen MR) is 75.6 cm³/mol. The number of carbonyl (C=O) groups is 1. The van der Waals surface area contributed by atoms with Gasteiger partial charge in [-0.25, -0.2) is 0 Å². The van der Waals surface area contributed by atoms with Gasteiger partial charge in [0.25, 0.3) is 0 Å². The second-order valence-electron chi connectivity index (χ2n) is 6.30. The zero-order valence-corrected chi connectivity index (χ0v) is 12.2. The van der Waals surface area contributed by atoms with Gasteiger partial charge in [-0.3, -0.25) is 4.79 Å². The number of ether oxygens (including phenoxy) is 1. The van der Waals surface area contributed by atoms with Crippen molar-refractivity contribution in [2.24, 2.45) is 23.5 Å². The van der Waals surface area contributed by atoms with Crippen molar-refractivity contribution in [2.45, 2.75) is 58.1 Å². The van der Waals surface area contributed by atoms with Crippen LogP contribution in [0, 0.1) is 17.8 Å². The zero-order valence-electron chi connectivity index (χ0n) is 12.2. The molecule has 0 radical (unpaired) electrons. The molecule has 1 amide bonds. The van der Waals surface area contributed by atoms with Crippen LogP contribution in [0.5, 0.6) is 0 Å². The normalized spacial score (nSPS) is 39.2. The highest BCUT2D eigenvalue weighted by Crippen LogP contribution is 2.28. The van der Waals surface area contributed by atoms with E-state index in [-0.39, 0.29) is 17.9 Å². The van der Waals surface area contributed by atoms with Crippen LogP contribution in [0.2, 0.25) is 0 Å². The van der Waals surface area contributed by atoms with Gasteiger partial charge in [0, 0.05) is 25.1 Å². The third-order valence-corrected chi connectivity index (χ3v) is 4.79. The highest BCUT2D eigenvalue weighted by Gasteiger charge is 2.33. The van der Waals surface area contributed by atoms with Gasteiger partial charge in [0.15, 0.2) is 0 Å². The highest BCUT2D eigenvalue weighted by atomic mass is 16.5. The Hall–Kier alpha value is -0.610. The summed E-state index contributed by atoms with van der Waals surface area (Å²) in [5.41, 5.74) is 6.09. The van der Waals surface area contributed by atoms with E-state index in [9.17, 15) is 4.79 Å². The molecule has 4 heteroatoms. The van der Waals surface area contributed by atoms with Crippen molar-refractivity contribution < 1.29 is 9.53 Å². The minimum absolute atomic E-state index is 0.00569. The van der Waals surface area contributed by atoms with Gasteiger partial charge in [-0.05, 0) is 38.0 Å². The molecule has 0 spiro atoms. The molecule has 2 fully saturated rings. The second-order valence-corrected chi connectivity index (χ2v) is 6.30. The first kappa shape index (κ1) is 14.8. The number of nitrogens with two attached hydrogens (primary N) is 1. The molecule has 1 aliphatic heterocycles. The number of hydrogen-bond acceptors (Lipinski definition) is 3. The Labute approximate surface area is 116 Å². The third-order valence-electron chi connectivity index (χ3n) is 4.79. The second kappa shape index (κ2) is 6.71. The Kier molecular flexibility index (Phi) is 5.22. The molecule has 2 rings (SSSR count). The molecule has 0 aromatic heterocycles. The van der Waals surface area contributed by atoms with Crippen LogP contribution in [0.1, 0.15) is 46.0 Å². The Morgan fingerprint density at radius 3 is 2.89 bits per heavy atom. The van der Waals surface area contributed by atoms with Crippen molar-refractivity contribution in [3.63, 3.8) is 0 Å². The molecule has 2 aliphatic rings. The fourth-order valence-corrected chi connectivity index (χ4v) is 3.45. The van der Waals surface area contributed by atoms with Crippen molar-refractivity contribution in [2.75, 3.05) is 13.2 Å². The van der Waals surface area contributed by atoms with Gasteiger partial charge >= 0.3 is 0 Å². The van der Waals surface area contributed by atoms with Crippen molar-refractivity contribution in [3.05, 3.63) is 0 Å². The first-order valence-corrected chi connectivity index (χ1v) is 7.76. The van der Waals surface area contributed by atoms with Crippen LogP contribution in [0.15, 0.2) is 0 Å². The van der Waals surface area contributed by atoms with E-state index in [0.29, 0.717) is 17.9 Å². The molecular formula is C15H28N2O2. The molecule has 1 saturated carbocycles. The van der Waals surface area contributed by atoms with E-state index in [0.717, 1.165) is 45.3 Å². The van der Waals surface area contributed by atoms with E-state index < -0.39 is 0 Å². The van der Waals surface area contributed by atoms with Crippen molar-refractivity contribution >= 4 is 5.91 Å². The fourth-order valence-electron chi connectivity index (χ4n) is 3.45. The molecule has 0 aromatic rings. The molecule has 0 aromatic carbocycles. The van der Waals surface area contributed by atoms with Gasteiger partial charge in [-0.1, -0.05) is 13.8 Å². The molecule has 1 aliphatic carbocycles. The summed E-state index contributed by atoms with van der Waals surface area (Å²) in [7, 11) is 0. The minimum Gasteiger partial charge on any atom is -0.378 e. The monoisotopic (exact) mass is 268 g/mol. The van der Waals surface area contributed by atoms with Crippen LogP contribution in [-0.2, 0) is 9.53 Å². The smallest absolute Gasteiger partial charge is 0.224 e. The Morgan fingerprint density at radius 1 is 1.37 bits per heavy atom. The van der Waals surface area contributed by atoms with E-state index in [1.807, 2.05) is 0 Å². The predicted octanol–water partition coefficient (Wildman–Crippen LogP) is 1.68. The molecule has 4 nitrogen and oxygen atoms in total. The van der Waals surface area contributed by atoms with Crippen LogP contribution >= 0.6 is 0 Å². The molecule has 19 heavy (non-hydrogen) atoms. The summed E-state index contributed by atoms with van der Waals surface area (Å²) in [6.45, 7) is 5.93. The summed E-state index contributed by atoms with van der Waals surface area (Å²) >= 11 is 0. The van der Waals surface area contributed by atoms with E-state index in [2.05, 4.69) is 19.2 Å². The van der Waals surface area contributed by atoms with Gasteiger partial charge in [0.1, 0.15) is 0 Å². The Morgan fingerprint density at radius 2 is 2.16 bits per heavy atom.